The number of rotatable bonds is 8. The molecular weight excluding hydrogens is 408 g/mol. The lowest BCUT2D eigenvalue weighted by Gasteiger charge is -2.33. The van der Waals surface area contributed by atoms with Gasteiger partial charge in [0.15, 0.2) is 5.78 Å². The third-order valence-corrected chi connectivity index (χ3v) is 6.19. The Kier molecular flexibility index (Phi) is 7.43. The van der Waals surface area contributed by atoms with Gasteiger partial charge in [-0.25, -0.2) is 0 Å². The van der Waals surface area contributed by atoms with Crippen molar-refractivity contribution in [2.24, 2.45) is 17.8 Å². The minimum atomic E-state index is -0.490. The van der Waals surface area contributed by atoms with Gasteiger partial charge in [-0.05, 0) is 41.4 Å². The van der Waals surface area contributed by atoms with Gasteiger partial charge in [0.05, 0.1) is 18.6 Å². The fraction of sp³-hybridized carbons (Fsp3) is 0.480. The SMILES string of the molecule is CC(=O)OCC1=C(CCC#N)/C(=C(/COC(C)=O)[C@@H]2C(CC#N)=CC3C=C[C@@H]2C3)CC1=O. The van der Waals surface area contributed by atoms with Crippen LogP contribution in [0.5, 0.6) is 0 Å². The maximum absolute atomic E-state index is 12.9. The quantitative estimate of drug-likeness (QED) is 0.423. The topological polar surface area (TPSA) is 117 Å². The molecule has 7 heteroatoms. The Balaban J connectivity index is 2.14. The fourth-order valence-corrected chi connectivity index (χ4v) is 4.92. The van der Waals surface area contributed by atoms with Gasteiger partial charge >= 0.3 is 11.9 Å². The molecular formula is C25H26N2O5. The van der Waals surface area contributed by atoms with Crippen molar-refractivity contribution in [2.75, 3.05) is 13.2 Å². The molecule has 32 heavy (non-hydrogen) atoms. The molecule has 7 nitrogen and oxygen atoms in total. The van der Waals surface area contributed by atoms with Gasteiger partial charge in [-0.15, -0.1) is 0 Å². The Labute approximate surface area is 187 Å². The van der Waals surface area contributed by atoms with Crippen LogP contribution in [0, 0.1) is 40.4 Å². The highest BCUT2D eigenvalue weighted by Crippen LogP contribution is 2.48. The van der Waals surface area contributed by atoms with E-state index in [9.17, 15) is 19.6 Å². The summed E-state index contributed by atoms with van der Waals surface area (Å²) in [5.41, 5.74) is 3.61. The highest BCUT2D eigenvalue weighted by atomic mass is 16.5. The molecule has 166 valence electrons. The number of esters is 2. The average Bonchev–Trinajstić information content (AvgIpc) is 3.27. The number of Topliss-reactive ketones (excluding diaryl/α,β-unsaturated/α-hetero) is 1. The minimum Gasteiger partial charge on any atom is -0.461 e. The molecule has 0 amide bonds. The van der Waals surface area contributed by atoms with Crippen LogP contribution in [-0.4, -0.2) is 30.9 Å². The molecule has 3 aliphatic rings. The van der Waals surface area contributed by atoms with Crippen LogP contribution in [0.3, 0.4) is 0 Å². The van der Waals surface area contributed by atoms with Gasteiger partial charge < -0.3 is 9.47 Å². The van der Waals surface area contributed by atoms with Crippen molar-refractivity contribution in [1.29, 1.82) is 10.5 Å². The largest absolute Gasteiger partial charge is 0.461 e. The lowest BCUT2D eigenvalue weighted by atomic mass is 9.72. The number of carbonyl (C=O) groups excluding carboxylic acids is 3. The summed E-state index contributed by atoms with van der Waals surface area (Å²) in [6, 6.07) is 4.35. The summed E-state index contributed by atoms with van der Waals surface area (Å²) in [5.74, 6) is -0.796. The third kappa shape index (κ3) is 5.06. The lowest BCUT2D eigenvalue weighted by molar-refractivity contribution is -0.141. The Morgan fingerprint density at radius 1 is 1.09 bits per heavy atom. The van der Waals surface area contributed by atoms with Crippen LogP contribution >= 0.6 is 0 Å². The molecule has 0 fully saturated rings. The van der Waals surface area contributed by atoms with Gasteiger partial charge in [-0.2, -0.15) is 10.5 Å². The van der Waals surface area contributed by atoms with E-state index in [1.54, 1.807) is 0 Å². The second-order valence-electron chi connectivity index (χ2n) is 8.28. The van der Waals surface area contributed by atoms with Crippen LogP contribution < -0.4 is 0 Å². The van der Waals surface area contributed by atoms with Crippen molar-refractivity contribution in [3.8, 4) is 12.1 Å². The number of hydrogen-bond donors (Lipinski definition) is 0. The summed E-state index contributed by atoms with van der Waals surface area (Å²) >= 11 is 0. The Morgan fingerprint density at radius 3 is 2.50 bits per heavy atom. The summed E-state index contributed by atoms with van der Waals surface area (Å²) in [6.07, 6.45) is 8.18. The van der Waals surface area contributed by atoms with Gasteiger partial charge in [0, 0.05) is 38.2 Å². The zero-order chi connectivity index (χ0) is 23.3. The number of nitriles is 2. The van der Waals surface area contributed by atoms with Crippen molar-refractivity contribution in [3.63, 3.8) is 0 Å². The van der Waals surface area contributed by atoms with Crippen LogP contribution in [0.1, 0.15) is 46.0 Å². The number of fused-ring (bicyclic) bond motifs is 2. The first kappa shape index (κ1) is 23.2. The summed E-state index contributed by atoms with van der Waals surface area (Å²) < 4.78 is 10.5. The van der Waals surface area contributed by atoms with E-state index in [2.05, 4.69) is 30.4 Å². The van der Waals surface area contributed by atoms with E-state index >= 15 is 0 Å². The van der Waals surface area contributed by atoms with Crippen molar-refractivity contribution in [1.82, 2.24) is 0 Å². The van der Waals surface area contributed by atoms with E-state index in [1.165, 1.54) is 13.8 Å². The molecule has 0 saturated carbocycles. The van der Waals surface area contributed by atoms with Crippen molar-refractivity contribution >= 4 is 17.7 Å². The summed E-state index contributed by atoms with van der Waals surface area (Å²) in [7, 11) is 0. The molecule has 0 aromatic heterocycles. The van der Waals surface area contributed by atoms with Crippen molar-refractivity contribution < 1.29 is 23.9 Å². The van der Waals surface area contributed by atoms with E-state index in [-0.39, 0.29) is 56.0 Å². The summed E-state index contributed by atoms with van der Waals surface area (Å²) in [5, 5.41) is 18.6. The summed E-state index contributed by atoms with van der Waals surface area (Å²) in [6.45, 7) is 2.48. The van der Waals surface area contributed by atoms with E-state index in [1.807, 2.05) is 0 Å². The highest BCUT2D eigenvalue weighted by molar-refractivity contribution is 6.03. The molecule has 3 atom stereocenters. The predicted molar refractivity (Wildman–Crippen MR) is 114 cm³/mol. The van der Waals surface area contributed by atoms with Crippen molar-refractivity contribution in [2.45, 2.75) is 46.0 Å². The monoisotopic (exact) mass is 434 g/mol. The molecule has 3 rings (SSSR count). The van der Waals surface area contributed by atoms with E-state index in [0.717, 1.165) is 23.1 Å². The lowest BCUT2D eigenvalue weighted by Crippen LogP contribution is -2.25. The second kappa shape index (κ2) is 10.2. The third-order valence-electron chi connectivity index (χ3n) is 6.19. The molecule has 0 aromatic carbocycles. The summed E-state index contributed by atoms with van der Waals surface area (Å²) in [4.78, 5) is 35.9. The molecule has 0 radical (unpaired) electrons. The molecule has 0 aliphatic heterocycles. The number of nitrogens with zero attached hydrogens (tertiary/aromatic N) is 2. The minimum absolute atomic E-state index is 0.0112. The van der Waals surface area contributed by atoms with E-state index < -0.39 is 11.9 Å². The van der Waals surface area contributed by atoms with Crippen LogP contribution in [0.15, 0.2) is 46.1 Å². The van der Waals surface area contributed by atoms with Gasteiger partial charge in [-0.3, -0.25) is 14.4 Å². The van der Waals surface area contributed by atoms with Crippen molar-refractivity contribution in [3.05, 3.63) is 46.1 Å². The number of hydrogen-bond acceptors (Lipinski definition) is 7. The maximum Gasteiger partial charge on any atom is 0.302 e. The number of ether oxygens (including phenoxy) is 2. The molecule has 3 aliphatic carbocycles. The highest BCUT2D eigenvalue weighted by Gasteiger charge is 2.39. The smallest absolute Gasteiger partial charge is 0.302 e. The van der Waals surface area contributed by atoms with Gasteiger partial charge in [0.2, 0.25) is 0 Å². The van der Waals surface area contributed by atoms with E-state index in [4.69, 9.17) is 14.7 Å². The predicted octanol–water partition coefficient (Wildman–Crippen LogP) is 3.64. The molecule has 0 saturated heterocycles. The van der Waals surface area contributed by atoms with Gasteiger partial charge in [-0.1, -0.05) is 23.8 Å². The first-order valence-electron chi connectivity index (χ1n) is 10.7. The number of carbonyl (C=O) groups is 3. The second-order valence-corrected chi connectivity index (χ2v) is 8.28. The maximum atomic E-state index is 12.9. The normalized spacial score (nSPS) is 25.2. The molecule has 0 spiro atoms. The van der Waals surface area contributed by atoms with E-state index in [0.29, 0.717) is 17.6 Å². The Hall–Kier alpha value is -3.45. The molecule has 1 unspecified atom stereocenters. The van der Waals surface area contributed by atoms with Crippen LogP contribution in [0.4, 0.5) is 0 Å². The molecule has 2 bridgehead atoms. The van der Waals surface area contributed by atoms with Crippen LogP contribution in [-0.2, 0) is 23.9 Å². The number of allylic oxidation sites excluding steroid dienone is 6. The zero-order valence-corrected chi connectivity index (χ0v) is 18.3. The van der Waals surface area contributed by atoms with Gasteiger partial charge in [0.1, 0.15) is 13.2 Å². The first-order chi connectivity index (χ1) is 15.3. The van der Waals surface area contributed by atoms with Crippen LogP contribution in [0.2, 0.25) is 0 Å². The molecule has 0 heterocycles. The molecule has 0 aromatic rings. The zero-order valence-electron chi connectivity index (χ0n) is 18.3. The molecule has 0 N–H and O–H groups in total. The first-order valence-corrected chi connectivity index (χ1v) is 10.7. The Bertz CT molecular complexity index is 1030. The van der Waals surface area contributed by atoms with Crippen LogP contribution in [0.25, 0.3) is 0 Å². The number of ketones is 1. The average molecular weight is 434 g/mol. The standard InChI is InChI=1S/C25H26N2O5/c1-15(28)31-13-22-20(4-3-8-26)21(12-24(22)30)23(14-32-16(2)29)25-18-6-5-17(10-18)11-19(25)7-9-27/h5-6,11,17-18,25H,3-4,7,10,12-14H2,1-2H3/b23-21-/t17?,18-,25+/m1/s1. The fourth-order valence-electron chi connectivity index (χ4n) is 4.92. The van der Waals surface area contributed by atoms with Gasteiger partial charge in [0.25, 0.3) is 0 Å². The Morgan fingerprint density at radius 2 is 1.84 bits per heavy atom.